The van der Waals surface area contributed by atoms with Gasteiger partial charge in [-0.25, -0.2) is 9.50 Å². The topological polar surface area (TPSA) is 61.4 Å². The Morgan fingerprint density at radius 2 is 1.96 bits per heavy atom. The number of benzene rings is 1. The fourth-order valence-corrected chi connectivity index (χ4v) is 3.53. The lowest BCUT2D eigenvalue weighted by molar-refractivity contribution is 0.181. The summed E-state index contributed by atoms with van der Waals surface area (Å²) in [5.74, 6) is 0. The van der Waals surface area contributed by atoms with Gasteiger partial charge in [-0.2, -0.15) is 5.10 Å². The van der Waals surface area contributed by atoms with Crippen molar-refractivity contribution >= 4 is 28.2 Å². The van der Waals surface area contributed by atoms with E-state index in [1.54, 1.807) is 22.4 Å². The number of nitrogens with zero attached hydrogens (tertiary/aromatic N) is 4. The van der Waals surface area contributed by atoms with E-state index in [-0.39, 0.29) is 5.56 Å². The highest BCUT2D eigenvalue weighted by molar-refractivity contribution is 6.30. The van der Waals surface area contributed by atoms with Crippen LogP contribution in [0.2, 0.25) is 5.02 Å². The SMILES string of the molecule is CCCCn1ccc2c(cnc3c(-c4ccc(Cl)cc4)c(COC)nn32)c1=O. The molecule has 144 valence electrons. The molecule has 0 spiro atoms. The minimum Gasteiger partial charge on any atom is -0.378 e. The molecule has 0 N–H and O–H groups in total. The van der Waals surface area contributed by atoms with E-state index >= 15 is 0 Å². The van der Waals surface area contributed by atoms with Crippen LogP contribution < -0.4 is 5.56 Å². The Hall–Kier alpha value is -2.70. The van der Waals surface area contributed by atoms with Gasteiger partial charge in [0.2, 0.25) is 0 Å². The van der Waals surface area contributed by atoms with Gasteiger partial charge in [-0.3, -0.25) is 4.79 Å². The maximum atomic E-state index is 12.8. The molecular weight excluding hydrogens is 376 g/mol. The fourth-order valence-electron chi connectivity index (χ4n) is 3.41. The molecule has 0 amide bonds. The van der Waals surface area contributed by atoms with E-state index in [1.807, 2.05) is 36.5 Å². The number of fused-ring (bicyclic) bond motifs is 3. The zero-order valence-corrected chi connectivity index (χ0v) is 16.6. The first-order valence-electron chi connectivity index (χ1n) is 9.28. The van der Waals surface area contributed by atoms with Crippen LogP contribution in [0.25, 0.3) is 27.7 Å². The summed E-state index contributed by atoms with van der Waals surface area (Å²) in [4.78, 5) is 17.4. The van der Waals surface area contributed by atoms with Gasteiger partial charge in [0, 0.05) is 31.1 Å². The van der Waals surface area contributed by atoms with Crippen molar-refractivity contribution in [2.45, 2.75) is 32.9 Å². The van der Waals surface area contributed by atoms with Crippen LogP contribution in [0, 0.1) is 0 Å². The summed E-state index contributed by atoms with van der Waals surface area (Å²) in [6.07, 6.45) is 5.47. The zero-order chi connectivity index (χ0) is 19.7. The summed E-state index contributed by atoms with van der Waals surface area (Å²) in [6, 6.07) is 9.48. The Kier molecular flexibility index (Phi) is 5.15. The van der Waals surface area contributed by atoms with Crippen LogP contribution in [-0.4, -0.2) is 26.3 Å². The number of pyridine rings is 1. The molecule has 3 heterocycles. The number of rotatable bonds is 6. The summed E-state index contributed by atoms with van der Waals surface area (Å²) in [5, 5.41) is 5.93. The molecule has 0 bridgehead atoms. The van der Waals surface area contributed by atoms with Gasteiger partial charge in [-0.1, -0.05) is 37.1 Å². The van der Waals surface area contributed by atoms with Crippen LogP contribution in [0.4, 0.5) is 0 Å². The van der Waals surface area contributed by atoms with Crippen LogP contribution in [0.1, 0.15) is 25.5 Å². The number of aryl methyl sites for hydroxylation is 1. The first-order chi connectivity index (χ1) is 13.6. The molecule has 0 aliphatic carbocycles. The Morgan fingerprint density at radius 3 is 2.68 bits per heavy atom. The lowest BCUT2D eigenvalue weighted by atomic mass is 10.1. The van der Waals surface area contributed by atoms with Gasteiger partial charge < -0.3 is 9.30 Å². The van der Waals surface area contributed by atoms with E-state index in [2.05, 4.69) is 11.9 Å². The summed E-state index contributed by atoms with van der Waals surface area (Å²) >= 11 is 6.04. The standard InChI is InChI=1S/C21H21ClN4O2/c1-3-4-10-25-11-9-18-16(21(25)27)12-23-20-19(14-5-7-15(22)8-6-14)17(13-28-2)24-26(18)20/h5-9,11-12H,3-4,10,13H2,1-2H3. The normalized spacial score (nSPS) is 11.5. The molecule has 0 fully saturated rings. The fraction of sp³-hybridized carbons (Fsp3) is 0.286. The molecule has 6 nitrogen and oxygen atoms in total. The lowest BCUT2D eigenvalue weighted by Crippen LogP contribution is -2.20. The first kappa shape index (κ1) is 18.7. The van der Waals surface area contributed by atoms with Crippen molar-refractivity contribution in [2.24, 2.45) is 0 Å². The predicted molar refractivity (Wildman–Crippen MR) is 111 cm³/mol. The Labute approximate surface area is 167 Å². The largest absolute Gasteiger partial charge is 0.378 e. The summed E-state index contributed by atoms with van der Waals surface area (Å²) in [6.45, 7) is 3.15. The number of methoxy groups -OCH3 is 1. The second-order valence-corrected chi connectivity index (χ2v) is 7.16. The zero-order valence-electron chi connectivity index (χ0n) is 15.9. The van der Waals surface area contributed by atoms with Crippen LogP contribution in [0.3, 0.4) is 0 Å². The number of hydrogen-bond acceptors (Lipinski definition) is 4. The summed E-state index contributed by atoms with van der Waals surface area (Å²) in [7, 11) is 1.63. The summed E-state index contributed by atoms with van der Waals surface area (Å²) in [5.41, 5.74) is 3.98. The Balaban J connectivity index is 1.96. The lowest BCUT2D eigenvalue weighted by Gasteiger charge is -2.07. The Morgan fingerprint density at radius 1 is 1.18 bits per heavy atom. The number of hydrogen-bond donors (Lipinski definition) is 0. The van der Waals surface area contributed by atoms with Gasteiger partial charge in [0.1, 0.15) is 0 Å². The molecule has 3 aromatic heterocycles. The molecule has 0 aliphatic heterocycles. The third-order valence-corrected chi connectivity index (χ3v) is 5.08. The quantitative estimate of drug-likeness (QED) is 0.487. The van der Waals surface area contributed by atoms with E-state index in [0.29, 0.717) is 29.2 Å². The minimum absolute atomic E-state index is 0.0443. The van der Waals surface area contributed by atoms with Crippen molar-refractivity contribution in [3.8, 4) is 11.1 Å². The van der Waals surface area contributed by atoms with E-state index in [9.17, 15) is 4.79 Å². The number of unbranched alkanes of at least 4 members (excludes halogenated alkanes) is 1. The molecule has 0 unspecified atom stereocenters. The molecule has 0 atom stereocenters. The van der Waals surface area contributed by atoms with Crippen LogP contribution in [-0.2, 0) is 17.9 Å². The highest BCUT2D eigenvalue weighted by Crippen LogP contribution is 2.30. The minimum atomic E-state index is -0.0443. The molecule has 28 heavy (non-hydrogen) atoms. The van der Waals surface area contributed by atoms with Crippen molar-refractivity contribution in [2.75, 3.05) is 7.11 Å². The van der Waals surface area contributed by atoms with Gasteiger partial charge in [0.25, 0.3) is 5.56 Å². The smallest absolute Gasteiger partial charge is 0.261 e. The monoisotopic (exact) mass is 396 g/mol. The molecular formula is C21H21ClN4O2. The number of halogens is 1. The molecule has 1 aromatic carbocycles. The van der Waals surface area contributed by atoms with E-state index in [1.165, 1.54) is 0 Å². The Bertz CT molecular complexity index is 1200. The van der Waals surface area contributed by atoms with Crippen molar-refractivity contribution in [3.63, 3.8) is 0 Å². The van der Waals surface area contributed by atoms with Crippen LogP contribution in [0.5, 0.6) is 0 Å². The average molecular weight is 397 g/mol. The molecule has 0 radical (unpaired) electrons. The molecule has 0 aliphatic rings. The van der Waals surface area contributed by atoms with Gasteiger partial charge in [-0.15, -0.1) is 0 Å². The van der Waals surface area contributed by atoms with E-state index in [0.717, 1.165) is 35.2 Å². The molecule has 0 saturated heterocycles. The average Bonchev–Trinajstić information content (AvgIpc) is 3.07. The van der Waals surface area contributed by atoms with E-state index in [4.69, 9.17) is 21.4 Å². The van der Waals surface area contributed by atoms with Crippen molar-refractivity contribution in [3.05, 3.63) is 63.8 Å². The third kappa shape index (κ3) is 3.19. The van der Waals surface area contributed by atoms with Crippen molar-refractivity contribution in [1.29, 1.82) is 0 Å². The van der Waals surface area contributed by atoms with Gasteiger partial charge in [-0.05, 0) is 30.2 Å². The molecule has 4 aromatic rings. The second-order valence-electron chi connectivity index (χ2n) is 6.72. The van der Waals surface area contributed by atoms with Crippen molar-refractivity contribution < 1.29 is 4.74 Å². The second kappa shape index (κ2) is 7.73. The van der Waals surface area contributed by atoms with E-state index < -0.39 is 0 Å². The molecule has 7 heteroatoms. The highest BCUT2D eigenvalue weighted by Gasteiger charge is 2.18. The van der Waals surface area contributed by atoms with Gasteiger partial charge in [0.15, 0.2) is 5.65 Å². The number of aromatic nitrogens is 4. The maximum absolute atomic E-state index is 12.8. The van der Waals surface area contributed by atoms with Gasteiger partial charge >= 0.3 is 0 Å². The number of ether oxygens (including phenoxy) is 1. The van der Waals surface area contributed by atoms with Crippen LogP contribution in [0.15, 0.2) is 47.5 Å². The summed E-state index contributed by atoms with van der Waals surface area (Å²) < 4.78 is 8.82. The van der Waals surface area contributed by atoms with Gasteiger partial charge in [0.05, 0.1) is 28.8 Å². The maximum Gasteiger partial charge on any atom is 0.261 e. The van der Waals surface area contributed by atoms with Crippen LogP contribution >= 0.6 is 11.6 Å². The highest BCUT2D eigenvalue weighted by atomic mass is 35.5. The molecule has 4 rings (SSSR count). The first-order valence-corrected chi connectivity index (χ1v) is 9.66. The molecule has 0 saturated carbocycles. The van der Waals surface area contributed by atoms with Crippen molar-refractivity contribution in [1.82, 2.24) is 19.2 Å². The third-order valence-electron chi connectivity index (χ3n) is 4.82. The predicted octanol–water partition coefficient (Wildman–Crippen LogP) is 4.31.